The second kappa shape index (κ2) is 13.4. The van der Waals surface area contributed by atoms with Crippen molar-refractivity contribution in [3.63, 3.8) is 0 Å². The van der Waals surface area contributed by atoms with E-state index in [1.165, 1.54) is 7.11 Å². The molecule has 2 rings (SSSR count). The molecule has 10 nitrogen and oxygen atoms in total. The number of carbonyl (C=O) groups is 4. The first kappa shape index (κ1) is 25.3. The number of methoxy groups -OCH3 is 1. The maximum absolute atomic E-state index is 11.9. The average Bonchev–Trinajstić information content (AvgIpc) is 3.30. The van der Waals surface area contributed by atoms with Gasteiger partial charge in [-0.3, -0.25) is 9.59 Å². The van der Waals surface area contributed by atoms with E-state index < -0.39 is 18.6 Å². The lowest BCUT2D eigenvalue weighted by atomic mass is 10.0. The Labute approximate surface area is 187 Å². The highest BCUT2D eigenvalue weighted by molar-refractivity contribution is 8.00. The molecule has 4 amide bonds. The van der Waals surface area contributed by atoms with Gasteiger partial charge >= 0.3 is 12.0 Å². The van der Waals surface area contributed by atoms with Crippen LogP contribution < -0.4 is 21.3 Å². The molecule has 0 aromatic rings. The third kappa shape index (κ3) is 8.56. The summed E-state index contributed by atoms with van der Waals surface area (Å²) in [5.41, 5.74) is 0. The Morgan fingerprint density at radius 2 is 1.87 bits per heavy atom. The lowest BCUT2D eigenvalue weighted by molar-refractivity contribution is -0.146. The minimum Gasteiger partial charge on any atom is -0.467 e. The SMILES string of the molecule is COC(=O)C(CO)NC(=O)CCCCCNC(=O)CCCCC1SCC2NC(=O)NC21. The maximum atomic E-state index is 11.9. The number of esters is 1. The second-order valence-electron chi connectivity index (χ2n) is 7.85. The van der Waals surface area contributed by atoms with E-state index in [1.54, 1.807) is 0 Å². The van der Waals surface area contributed by atoms with E-state index in [2.05, 4.69) is 26.0 Å². The van der Waals surface area contributed by atoms with Crippen LogP contribution in [0, 0.1) is 0 Å². The van der Waals surface area contributed by atoms with E-state index in [4.69, 9.17) is 5.11 Å². The number of unbranched alkanes of at least 4 members (excludes halogenated alkanes) is 3. The third-order valence-electron chi connectivity index (χ3n) is 5.49. The fourth-order valence-corrected chi connectivity index (χ4v) is 5.31. The smallest absolute Gasteiger partial charge is 0.330 e. The van der Waals surface area contributed by atoms with Gasteiger partial charge in [-0.1, -0.05) is 12.8 Å². The number of hydrogen-bond acceptors (Lipinski definition) is 7. The van der Waals surface area contributed by atoms with Crippen LogP contribution >= 0.6 is 11.8 Å². The number of aliphatic hydroxyl groups excluding tert-OH is 1. The lowest BCUT2D eigenvalue weighted by Gasteiger charge is -2.16. The second-order valence-corrected chi connectivity index (χ2v) is 9.13. The monoisotopic (exact) mass is 458 g/mol. The van der Waals surface area contributed by atoms with Crippen molar-refractivity contribution in [1.29, 1.82) is 0 Å². The van der Waals surface area contributed by atoms with Crippen molar-refractivity contribution in [2.45, 2.75) is 74.7 Å². The van der Waals surface area contributed by atoms with Crippen LogP contribution in [0.3, 0.4) is 0 Å². The molecule has 4 atom stereocenters. The fourth-order valence-electron chi connectivity index (χ4n) is 3.77. The Morgan fingerprint density at radius 3 is 2.61 bits per heavy atom. The summed E-state index contributed by atoms with van der Waals surface area (Å²) < 4.78 is 4.49. The van der Waals surface area contributed by atoms with Crippen molar-refractivity contribution >= 4 is 35.6 Å². The molecule has 0 aromatic carbocycles. The molecule has 31 heavy (non-hydrogen) atoms. The van der Waals surface area contributed by atoms with Gasteiger partial charge in [-0.05, 0) is 25.7 Å². The first-order chi connectivity index (χ1) is 14.9. The van der Waals surface area contributed by atoms with Crippen molar-refractivity contribution in [2.24, 2.45) is 0 Å². The van der Waals surface area contributed by atoms with Gasteiger partial charge in [-0.2, -0.15) is 11.8 Å². The number of amides is 4. The van der Waals surface area contributed by atoms with E-state index in [-0.39, 0.29) is 36.3 Å². The average molecular weight is 459 g/mol. The molecule has 4 unspecified atom stereocenters. The van der Waals surface area contributed by atoms with E-state index in [1.807, 2.05) is 11.8 Å². The van der Waals surface area contributed by atoms with Crippen LogP contribution in [0.5, 0.6) is 0 Å². The number of aliphatic hydroxyl groups is 1. The quantitative estimate of drug-likeness (QED) is 0.140. The highest BCUT2D eigenvalue weighted by Crippen LogP contribution is 2.33. The van der Waals surface area contributed by atoms with Gasteiger partial charge in [0, 0.05) is 30.4 Å². The summed E-state index contributed by atoms with van der Waals surface area (Å²) in [4.78, 5) is 46.4. The molecule has 2 aliphatic rings. The Hall–Kier alpha value is -2.01. The maximum Gasteiger partial charge on any atom is 0.330 e. The molecule has 2 saturated heterocycles. The summed E-state index contributed by atoms with van der Waals surface area (Å²) in [6.07, 6.45) is 5.70. The molecule has 176 valence electrons. The molecule has 0 radical (unpaired) electrons. The largest absolute Gasteiger partial charge is 0.467 e. The third-order valence-corrected chi connectivity index (χ3v) is 7.00. The van der Waals surface area contributed by atoms with E-state index in [9.17, 15) is 19.2 Å². The molecule has 0 aromatic heterocycles. The molecule has 0 bridgehead atoms. The van der Waals surface area contributed by atoms with Gasteiger partial charge in [-0.15, -0.1) is 0 Å². The van der Waals surface area contributed by atoms with Crippen molar-refractivity contribution in [3.8, 4) is 0 Å². The predicted molar refractivity (Wildman–Crippen MR) is 116 cm³/mol. The van der Waals surface area contributed by atoms with Crippen LogP contribution in [0.4, 0.5) is 4.79 Å². The molecule has 2 fully saturated rings. The van der Waals surface area contributed by atoms with Gasteiger partial charge in [0.05, 0.1) is 25.8 Å². The molecule has 0 aliphatic carbocycles. The molecular weight excluding hydrogens is 424 g/mol. The van der Waals surface area contributed by atoms with Crippen LogP contribution in [-0.4, -0.2) is 78.3 Å². The molecule has 5 N–H and O–H groups in total. The topological polar surface area (TPSA) is 146 Å². The number of carbonyl (C=O) groups excluding carboxylic acids is 4. The van der Waals surface area contributed by atoms with Crippen LogP contribution in [0.25, 0.3) is 0 Å². The summed E-state index contributed by atoms with van der Waals surface area (Å²) in [5, 5.41) is 20.7. The summed E-state index contributed by atoms with van der Waals surface area (Å²) >= 11 is 1.88. The summed E-state index contributed by atoms with van der Waals surface area (Å²) in [6.45, 7) is 0.0701. The highest BCUT2D eigenvalue weighted by Gasteiger charge is 2.42. The number of nitrogens with one attached hydrogen (secondary N) is 4. The Kier molecular flexibility index (Phi) is 10.9. The molecular formula is C20H34N4O6S. The van der Waals surface area contributed by atoms with Gasteiger partial charge < -0.3 is 31.1 Å². The zero-order valence-electron chi connectivity index (χ0n) is 18.0. The van der Waals surface area contributed by atoms with Gasteiger partial charge in [0.1, 0.15) is 0 Å². The Morgan fingerprint density at radius 1 is 1.13 bits per heavy atom. The standard InChI is InChI=1S/C20H34N4O6S/c1-30-19(28)13(11-25)22-17(27)9-3-2-6-10-21-16(26)8-5-4-7-15-18-14(12-31-15)23-20(29)24-18/h13-15,18,25H,2-12H2,1H3,(H,21,26)(H,22,27)(H2,23,24,29). The molecule has 0 spiro atoms. The Bertz CT molecular complexity index is 635. The normalized spacial score (nSPS) is 22.8. The van der Waals surface area contributed by atoms with Gasteiger partial charge in [0.25, 0.3) is 0 Å². The molecule has 2 aliphatic heterocycles. The molecule has 11 heteroatoms. The molecule has 2 heterocycles. The molecule has 0 saturated carbocycles. The number of urea groups is 1. The van der Waals surface area contributed by atoms with Crippen molar-refractivity contribution in [3.05, 3.63) is 0 Å². The van der Waals surface area contributed by atoms with Crippen molar-refractivity contribution < 1.29 is 29.0 Å². The van der Waals surface area contributed by atoms with Gasteiger partial charge in [-0.25, -0.2) is 9.59 Å². The van der Waals surface area contributed by atoms with Crippen LogP contribution in [0.15, 0.2) is 0 Å². The first-order valence-electron chi connectivity index (χ1n) is 10.9. The van der Waals surface area contributed by atoms with E-state index >= 15 is 0 Å². The van der Waals surface area contributed by atoms with Crippen LogP contribution in [-0.2, 0) is 19.1 Å². The van der Waals surface area contributed by atoms with Crippen LogP contribution in [0.2, 0.25) is 0 Å². The van der Waals surface area contributed by atoms with Gasteiger partial charge in [0.15, 0.2) is 6.04 Å². The minimum absolute atomic E-state index is 0.0365. The van der Waals surface area contributed by atoms with E-state index in [0.717, 1.165) is 37.9 Å². The number of hydrogen-bond donors (Lipinski definition) is 5. The fraction of sp³-hybridized carbons (Fsp3) is 0.800. The summed E-state index contributed by atoms with van der Waals surface area (Å²) in [5.74, 6) is -0.00147. The Balaban J connectivity index is 1.43. The minimum atomic E-state index is -1.03. The lowest BCUT2D eigenvalue weighted by Crippen LogP contribution is -2.43. The van der Waals surface area contributed by atoms with Crippen molar-refractivity contribution in [1.82, 2.24) is 21.3 Å². The number of rotatable bonds is 14. The number of thioether (sulfide) groups is 1. The summed E-state index contributed by atoms with van der Waals surface area (Å²) in [7, 11) is 1.20. The first-order valence-corrected chi connectivity index (χ1v) is 11.9. The van der Waals surface area contributed by atoms with E-state index in [0.29, 0.717) is 24.6 Å². The number of fused-ring (bicyclic) bond motifs is 1. The summed E-state index contributed by atoms with van der Waals surface area (Å²) in [6, 6.07) is -0.654. The zero-order chi connectivity index (χ0) is 22.6. The van der Waals surface area contributed by atoms with Crippen molar-refractivity contribution in [2.75, 3.05) is 26.0 Å². The van der Waals surface area contributed by atoms with Crippen LogP contribution in [0.1, 0.15) is 51.4 Å². The van der Waals surface area contributed by atoms with Gasteiger partial charge in [0.2, 0.25) is 11.8 Å². The highest BCUT2D eigenvalue weighted by atomic mass is 32.2. The number of ether oxygens (including phenoxy) is 1. The zero-order valence-corrected chi connectivity index (χ0v) is 18.8. The predicted octanol–water partition coefficient (Wildman–Crippen LogP) is 0.0389.